The molecule has 0 aliphatic rings. The lowest BCUT2D eigenvalue weighted by atomic mass is 10.0. The quantitative estimate of drug-likeness (QED) is 0.384. The Bertz CT molecular complexity index is 757. The summed E-state index contributed by atoms with van der Waals surface area (Å²) in [7, 11) is 1.63. The van der Waals surface area contributed by atoms with Crippen LogP contribution in [-0.4, -0.2) is 37.6 Å². The first-order valence-electron chi connectivity index (χ1n) is 7.78. The third kappa shape index (κ3) is 4.83. The molecule has 0 aromatic heterocycles. The van der Waals surface area contributed by atoms with Gasteiger partial charge in [-0.05, 0) is 23.3 Å². The number of carbonyl (C=O) groups excluding carboxylic acids is 2. The van der Waals surface area contributed by atoms with Crippen LogP contribution in [0.5, 0.6) is 0 Å². The molecule has 1 amide bonds. The number of amides is 1. The molecule has 0 unspecified atom stereocenters. The molecule has 5 heteroatoms. The Hall–Kier alpha value is -2.84. The zero-order chi connectivity index (χ0) is 17.2. The Morgan fingerprint density at radius 2 is 2.04 bits per heavy atom. The number of fused-ring (bicyclic) bond motifs is 1. The minimum atomic E-state index is -0.563. The van der Waals surface area contributed by atoms with E-state index in [-0.39, 0.29) is 6.61 Å². The van der Waals surface area contributed by atoms with Crippen molar-refractivity contribution >= 4 is 23.2 Å². The molecule has 0 aliphatic heterocycles. The van der Waals surface area contributed by atoms with Crippen LogP contribution >= 0.6 is 0 Å². The number of hydrazine groups is 1. The fourth-order valence-corrected chi connectivity index (χ4v) is 2.30. The van der Waals surface area contributed by atoms with Crippen molar-refractivity contribution in [3.05, 3.63) is 48.0 Å². The molecule has 24 heavy (non-hydrogen) atoms. The smallest absolute Gasteiger partial charge is 0.424 e. The minimum absolute atomic E-state index is 0.238. The molecule has 1 N–H and O–H groups in total. The van der Waals surface area contributed by atoms with Crippen LogP contribution in [0.2, 0.25) is 0 Å². The summed E-state index contributed by atoms with van der Waals surface area (Å²) in [4.78, 5) is 21.8. The van der Waals surface area contributed by atoms with Crippen LogP contribution in [0, 0.1) is 11.8 Å². The number of carbonyl (C=O) groups is 2. The second-order valence-electron chi connectivity index (χ2n) is 5.05. The van der Waals surface area contributed by atoms with Gasteiger partial charge in [0.25, 0.3) is 0 Å². The molecule has 2 aromatic rings. The van der Waals surface area contributed by atoms with Gasteiger partial charge in [0, 0.05) is 25.6 Å². The molecule has 0 heterocycles. The number of nitrogens with one attached hydrogen (secondary N) is 1. The predicted octanol–water partition coefficient (Wildman–Crippen LogP) is 2.74. The maximum Gasteiger partial charge on any atom is 0.424 e. The van der Waals surface area contributed by atoms with Crippen molar-refractivity contribution in [2.75, 3.05) is 20.2 Å². The SMILES string of the molecule is CNN(CCCC#Cc1cccc2ccccc12)C(=O)OCC=O. The average Bonchev–Trinajstić information content (AvgIpc) is 2.62. The number of hydrogen-bond acceptors (Lipinski definition) is 4. The van der Waals surface area contributed by atoms with Crippen LogP contribution in [0.25, 0.3) is 10.8 Å². The maximum absolute atomic E-state index is 11.6. The van der Waals surface area contributed by atoms with Crippen molar-refractivity contribution < 1.29 is 14.3 Å². The number of rotatable bonds is 6. The lowest BCUT2D eigenvalue weighted by Gasteiger charge is -2.19. The Balaban J connectivity index is 1.89. The number of hydrogen-bond donors (Lipinski definition) is 1. The molecule has 0 radical (unpaired) electrons. The summed E-state index contributed by atoms with van der Waals surface area (Å²) in [5.74, 6) is 6.33. The Kier molecular flexibility index (Phi) is 6.81. The van der Waals surface area contributed by atoms with Crippen molar-refractivity contribution in [1.29, 1.82) is 0 Å². The molecule has 0 saturated carbocycles. The number of aldehydes is 1. The molecule has 0 spiro atoms. The highest BCUT2D eigenvalue weighted by atomic mass is 16.6. The second kappa shape index (κ2) is 9.33. The van der Waals surface area contributed by atoms with Gasteiger partial charge in [-0.3, -0.25) is 4.79 Å². The van der Waals surface area contributed by atoms with Crippen LogP contribution in [0.15, 0.2) is 42.5 Å². The summed E-state index contributed by atoms with van der Waals surface area (Å²) < 4.78 is 4.74. The molecule has 0 bridgehead atoms. The number of nitrogens with zero attached hydrogens (tertiary/aromatic N) is 1. The van der Waals surface area contributed by atoms with Gasteiger partial charge in [-0.25, -0.2) is 15.2 Å². The van der Waals surface area contributed by atoms with Crippen LogP contribution in [0.3, 0.4) is 0 Å². The summed E-state index contributed by atoms with van der Waals surface area (Å²) >= 11 is 0. The van der Waals surface area contributed by atoms with Crippen molar-refractivity contribution in [3.63, 3.8) is 0 Å². The molecule has 0 atom stereocenters. The van der Waals surface area contributed by atoms with Gasteiger partial charge in [0.2, 0.25) is 0 Å². The van der Waals surface area contributed by atoms with E-state index in [0.717, 1.165) is 10.9 Å². The van der Waals surface area contributed by atoms with Crippen molar-refractivity contribution in [2.24, 2.45) is 0 Å². The molecule has 2 aromatic carbocycles. The Labute approximate surface area is 141 Å². The van der Waals surface area contributed by atoms with E-state index in [9.17, 15) is 9.59 Å². The summed E-state index contributed by atoms with van der Waals surface area (Å²) in [5, 5.41) is 3.63. The van der Waals surface area contributed by atoms with E-state index >= 15 is 0 Å². The molecular weight excluding hydrogens is 304 g/mol. The summed E-state index contributed by atoms with van der Waals surface area (Å²) in [6, 6.07) is 14.2. The van der Waals surface area contributed by atoms with Crippen LogP contribution < -0.4 is 5.43 Å². The van der Waals surface area contributed by atoms with E-state index in [2.05, 4.69) is 35.5 Å². The number of unbranched alkanes of at least 4 members (excludes halogenated alkanes) is 1. The fraction of sp³-hybridized carbons (Fsp3) is 0.263. The Morgan fingerprint density at radius 3 is 2.83 bits per heavy atom. The largest absolute Gasteiger partial charge is 0.441 e. The fourth-order valence-electron chi connectivity index (χ4n) is 2.30. The van der Waals surface area contributed by atoms with Crippen LogP contribution in [0.1, 0.15) is 18.4 Å². The zero-order valence-corrected chi connectivity index (χ0v) is 13.6. The number of ether oxygens (including phenoxy) is 1. The van der Waals surface area contributed by atoms with Gasteiger partial charge in [0.1, 0.15) is 6.61 Å². The molecule has 124 valence electrons. The highest BCUT2D eigenvalue weighted by molar-refractivity contribution is 5.88. The Morgan fingerprint density at radius 1 is 1.25 bits per heavy atom. The summed E-state index contributed by atoms with van der Waals surface area (Å²) in [6.45, 7) is 0.219. The maximum atomic E-state index is 11.6. The van der Waals surface area contributed by atoms with E-state index in [1.165, 1.54) is 10.4 Å². The number of benzene rings is 2. The highest BCUT2D eigenvalue weighted by Crippen LogP contribution is 2.17. The molecule has 0 aliphatic carbocycles. The summed E-state index contributed by atoms with van der Waals surface area (Å²) in [6.07, 6.45) is 1.34. The van der Waals surface area contributed by atoms with Crippen molar-refractivity contribution in [3.8, 4) is 11.8 Å². The van der Waals surface area contributed by atoms with Crippen LogP contribution in [-0.2, 0) is 9.53 Å². The van der Waals surface area contributed by atoms with Gasteiger partial charge in [0.15, 0.2) is 6.29 Å². The highest BCUT2D eigenvalue weighted by Gasteiger charge is 2.11. The van der Waals surface area contributed by atoms with Gasteiger partial charge < -0.3 is 4.74 Å². The predicted molar refractivity (Wildman–Crippen MR) is 93.2 cm³/mol. The van der Waals surface area contributed by atoms with E-state index in [1.807, 2.05) is 24.3 Å². The first-order valence-corrected chi connectivity index (χ1v) is 7.78. The third-order valence-electron chi connectivity index (χ3n) is 3.46. The first kappa shape index (κ1) is 17.5. The standard InChI is InChI=1S/C19H20N2O3/c1-20-21(19(23)24-15-14-22)13-6-2-3-8-16-10-7-11-17-9-4-5-12-18(16)17/h4-5,7,9-12,14,20H,2,6,13,15H2,1H3. The first-order chi connectivity index (χ1) is 11.8. The lowest BCUT2D eigenvalue weighted by molar-refractivity contribution is -0.110. The van der Waals surface area contributed by atoms with E-state index < -0.39 is 6.09 Å². The van der Waals surface area contributed by atoms with Crippen LogP contribution in [0.4, 0.5) is 4.79 Å². The van der Waals surface area contributed by atoms with Crippen molar-refractivity contribution in [1.82, 2.24) is 10.4 Å². The van der Waals surface area contributed by atoms with E-state index in [1.54, 1.807) is 7.05 Å². The molecule has 5 nitrogen and oxygen atoms in total. The third-order valence-corrected chi connectivity index (χ3v) is 3.46. The van der Waals surface area contributed by atoms with Gasteiger partial charge in [-0.2, -0.15) is 0 Å². The zero-order valence-electron chi connectivity index (χ0n) is 13.6. The molecule has 2 rings (SSSR count). The summed E-state index contributed by atoms with van der Waals surface area (Å²) in [5.41, 5.74) is 3.74. The minimum Gasteiger partial charge on any atom is -0.441 e. The molecule has 0 fully saturated rings. The van der Waals surface area contributed by atoms with Gasteiger partial charge in [-0.1, -0.05) is 48.2 Å². The van der Waals surface area contributed by atoms with Gasteiger partial charge >= 0.3 is 6.09 Å². The van der Waals surface area contributed by atoms with E-state index in [0.29, 0.717) is 25.7 Å². The molecule has 0 saturated heterocycles. The average molecular weight is 324 g/mol. The topological polar surface area (TPSA) is 58.6 Å². The van der Waals surface area contributed by atoms with Crippen molar-refractivity contribution in [2.45, 2.75) is 12.8 Å². The van der Waals surface area contributed by atoms with Gasteiger partial charge in [0.05, 0.1) is 0 Å². The normalized spacial score (nSPS) is 9.88. The van der Waals surface area contributed by atoms with E-state index in [4.69, 9.17) is 4.74 Å². The molecular formula is C19H20N2O3. The van der Waals surface area contributed by atoms with Gasteiger partial charge in [-0.15, -0.1) is 0 Å². The lowest BCUT2D eigenvalue weighted by Crippen LogP contribution is -2.41. The second-order valence-corrected chi connectivity index (χ2v) is 5.05. The monoisotopic (exact) mass is 324 g/mol.